The molecule has 1 aromatic carbocycles. The third-order valence-corrected chi connectivity index (χ3v) is 3.15. The molecule has 0 atom stereocenters. The van der Waals surface area contributed by atoms with Crippen molar-refractivity contribution in [3.63, 3.8) is 0 Å². The van der Waals surface area contributed by atoms with Gasteiger partial charge >= 0.3 is 6.18 Å². The summed E-state index contributed by atoms with van der Waals surface area (Å²) in [5, 5.41) is 3.15. The summed E-state index contributed by atoms with van der Waals surface area (Å²) in [6, 6.07) is 4.35. The Morgan fingerprint density at radius 3 is 2.47 bits per heavy atom. The Balaban J connectivity index is 2.51. The molecule has 0 saturated carbocycles. The number of piperazine rings is 1. The Hall–Kier alpha value is -1.49. The predicted molar refractivity (Wildman–Crippen MR) is 71.2 cm³/mol. The number of allylic oxidation sites excluding steroid dienone is 1. The third kappa shape index (κ3) is 3.10. The number of nitrogens with one attached hydrogen (secondary N) is 1. The molecule has 1 N–H and O–H groups in total. The van der Waals surface area contributed by atoms with Crippen LogP contribution >= 0.6 is 0 Å². The van der Waals surface area contributed by atoms with E-state index in [2.05, 4.69) is 5.32 Å². The number of rotatable bonds is 2. The van der Waals surface area contributed by atoms with Crippen molar-refractivity contribution in [2.24, 2.45) is 0 Å². The molecule has 104 valence electrons. The molecule has 1 aliphatic rings. The maximum atomic E-state index is 13.2. The van der Waals surface area contributed by atoms with Crippen molar-refractivity contribution in [3.05, 3.63) is 35.4 Å². The number of nitrogens with zero attached hydrogens (tertiary/aromatic N) is 1. The molecule has 0 spiro atoms. The van der Waals surface area contributed by atoms with Crippen LogP contribution in [0.25, 0.3) is 6.08 Å². The zero-order valence-corrected chi connectivity index (χ0v) is 10.8. The molecule has 1 saturated heterocycles. The summed E-state index contributed by atoms with van der Waals surface area (Å²) in [6.45, 7) is 4.42. The van der Waals surface area contributed by atoms with Crippen molar-refractivity contribution >= 4 is 11.8 Å². The molecule has 0 aliphatic carbocycles. The maximum absolute atomic E-state index is 13.2. The normalized spacial score (nSPS) is 17.2. The van der Waals surface area contributed by atoms with Crippen molar-refractivity contribution in [2.45, 2.75) is 13.1 Å². The van der Waals surface area contributed by atoms with E-state index >= 15 is 0 Å². The van der Waals surface area contributed by atoms with E-state index < -0.39 is 11.7 Å². The van der Waals surface area contributed by atoms with Gasteiger partial charge in [-0.3, -0.25) is 0 Å². The topological polar surface area (TPSA) is 15.3 Å². The summed E-state index contributed by atoms with van der Waals surface area (Å²) in [6.07, 6.45) is -0.828. The van der Waals surface area contributed by atoms with Crippen LogP contribution in [0.5, 0.6) is 0 Å². The molecule has 1 heterocycles. The molecule has 0 bridgehead atoms. The van der Waals surface area contributed by atoms with E-state index in [4.69, 9.17) is 0 Å². The molecule has 2 nitrogen and oxygen atoms in total. The third-order valence-electron chi connectivity index (χ3n) is 3.15. The van der Waals surface area contributed by atoms with Gasteiger partial charge < -0.3 is 10.2 Å². The van der Waals surface area contributed by atoms with Gasteiger partial charge in [-0.25, -0.2) is 0 Å². The molecule has 0 amide bonds. The van der Waals surface area contributed by atoms with Gasteiger partial charge in [0.1, 0.15) is 0 Å². The molecule has 2 rings (SSSR count). The average molecular weight is 270 g/mol. The lowest BCUT2D eigenvalue weighted by atomic mass is 10.0. The number of alkyl halides is 3. The van der Waals surface area contributed by atoms with Crippen molar-refractivity contribution < 1.29 is 13.2 Å². The standard InChI is InChI=1S/C14H17F3N2/c1-2-4-11-5-3-6-12(14(15,16)17)13(11)19-9-7-18-8-10-19/h2-6,18H,7-10H2,1H3/b4-2+. The summed E-state index contributed by atoms with van der Waals surface area (Å²) in [7, 11) is 0. The van der Waals surface area contributed by atoms with Gasteiger partial charge in [0.25, 0.3) is 0 Å². The van der Waals surface area contributed by atoms with Crippen molar-refractivity contribution in [1.29, 1.82) is 0 Å². The average Bonchev–Trinajstić information content (AvgIpc) is 2.39. The van der Waals surface area contributed by atoms with Gasteiger partial charge in [0.2, 0.25) is 0 Å². The van der Waals surface area contributed by atoms with Gasteiger partial charge in [-0.15, -0.1) is 0 Å². The first kappa shape index (κ1) is 13.9. The number of hydrogen-bond donors (Lipinski definition) is 1. The molecule has 19 heavy (non-hydrogen) atoms. The van der Waals surface area contributed by atoms with Gasteiger partial charge in [-0.2, -0.15) is 13.2 Å². The van der Waals surface area contributed by atoms with Crippen molar-refractivity contribution in [2.75, 3.05) is 31.1 Å². The van der Waals surface area contributed by atoms with Gasteiger partial charge in [0, 0.05) is 26.2 Å². The van der Waals surface area contributed by atoms with Gasteiger partial charge in [0.05, 0.1) is 11.3 Å². The van der Waals surface area contributed by atoms with Crippen LogP contribution in [-0.2, 0) is 6.18 Å². The second-order valence-electron chi connectivity index (χ2n) is 4.48. The molecule has 0 unspecified atom stereocenters. The molecule has 5 heteroatoms. The van der Waals surface area contributed by atoms with Crippen LogP contribution in [0.1, 0.15) is 18.1 Å². The van der Waals surface area contributed by atoms with E-state index in [0.717, 1.165) is 6.07 Å². The molecule has 0 aromatic heterocycles. The maximum Gasteiger partial charge on any atom is 0.418 e. The quantitative estimate of drug-likeness (QED) is 0.888. The van der Waals surface area contributed by atoms with E-state index in [9.17, 15) is 13.2 Å². The zero-order chi connectivity index (χ0) is 13.9. The summed E-state index contributed by atoms with van der Waals surface area (Å²) < 4.78 is 39.5. The Morgan fingerprint density at radius 2 is 1.89 bits per heavy atom. The highest BCUT2D eigenvalue weighted by Crippen LogP contribution is 2.39. The summed E-state index contributed by atoms with van der Waals surface area (Å²) >= 11 is 0. The fraction of sp³-hybridized carbons (Fsp3) is 0.429. The Bertz CT molecular complexity index is 460. The second kappa shape index (κ2) is 5.65. The van der Waals surface area contributed by atoms with Gasteiger partial charge in [0.15, 0.2) is 0 Å². The van der Waals surface area contributed by atoms with Gasteiger partial charge in [-0.1, -0.05) is 24.3 Å². The molecule has 1 fully saturated rings. The predicted octanol–water partition coefficient (Wildman–Crippen LogP) is 3.15. The smallest absolute Gasteiger partial charge is 0.368 e. The number of para-hydroxylation sites is 1. The number of halogens is 3. The highest BCUT2D eigenvalue weighted by molar-refractivity contribution is 5.72. The first-order valence-electron chi connectivity index (χ1n) is 6.32. The number of anilines is 1. The lowest BCUT2D eigenvalue weighted by molar-refractivity contribution is -0.137. The summed E-state index contributed by atoms with van der Waals surface area (Å²) in [5.41, 5.74) is 0.374. The van der Waals surface area contributed by atoms with E-state index in [-0.39, 0.29) is 0 Å². The summed E-state index contributed by atoms with van der Waals surface area (Å²) in [5.74, 6) is 0. The van der Waals surface area contributed by atoms with Crippen LogP contribution in [0.4, 0.5) is 18.9 Å². The first-order valence-corrected chi connectivity index (χ1v) is 6.32. The first-order chi connectivity index (χ1) is 9.04. The van der Waals surface area contributed by atoms with E-state index in [1.807, 2.05) is 11.8 Å². The van der Waals surface area contributed by atoms with Crippen LogP contribution in [0.3, 0.4) is 0 Å². The number of hydrogen-bond acceptors (Lipinski definition) is 2. The highest BCUT2D eigenvalue weighted by atomic mass is 19.4. The molecule has 1 aromatic rings. The fourth-order valence-electron chi connectivity index (χ4n) is 2.35. The fourth-order valence-corrected chi connectivity index (χ4v) is 2.35. The lowest BCUT2D eigenvalue weighted by Gasteiger charge is -2.32. The van der Waals surface area contributed by atoms with Crippen LogP contribution in [0.2, 0.25) is 0 Å². The Labute approximate surface area is 110 Å². The van der Waals surface area contributed by atoms with E-state index in [1.165, 1.54) is 6.07 Å². The second-order valence-corrected chi connectivity index (χ2v) is 4.48. The molecular formula is C14H17F3N2. The Kier molecular flexibility index (Phi) is 4.14. The van der Waals surface area contributed by atoms with Crippen LogP contribution in [-0.4, -0.2) is 26.2 Å². The Morgan fingerprint density at radius 1 is 1.21 bits per heavy atom. The SMILES string of the molecule is C/C=C/c1cccc(C(F)(F)F)c1N1CCNCC1. The number of benzene rings is 1. The van der Waals surface area contributed by atoms with E-state index in [0.29, 0.717) is 37.4 Å². The van der Waals surface area contributed by atoms with E-state index in [1.54, 1.807) is 18.2 Å². The molecule has 1 aliphatic heterocycles. The summed E-state index contributed by atoms with van der Waals surface area (Å²) in [4.78, 5) is 1.81. The van der Waals surface area contributed by atoms with Crippen LogP contribution in [0, 0.1) is 0 Å². The van der Waals surface area contributed by atoms with Crippen LogP contribution in [0.15, 0.2) is 24.3 Å². The van der Waals surface area contributed by atoms with Gasteiger partial charge in [-0.05, 0) is 18.6 Å². The minimum Gasteiger partial charge on any atom is -0.368 e. The zero-order valence-electron chi connectivity index (χ0n) is 10.8. The van der Waals surface area contributed by atoms with Crippen LogP contribution < -0.4 is 10.2 Å². The minimum atomic E-state index is -4.32. The molecular weight excluding hydrogens is 253 g/mol. The minimum absolute atomic E-state index is 0.301. The lowest BCUT2D eigenvalue weighted by Crippen LogP contribution is -2.44. The van der Waals surface area contributed by atoms with Crippen molar-refractivity contribution in [3.8, 4) is 0 Å². The highest BCUT2D eigenvalue weighted by Gasteiger charge is 2.35. The molecule has 0 radical (unpaired) electrons. The largest absolute Gasteiger partial charge is 0.418 e. The van der Waals surface area contributed by atoms with Crippen molar-refractivity contribution in [1.82, 2.24) is 5.32 Å². The monoisotopic (exact) mass is 270 g/mol.